The lowest BCUT2D eigenvalue weighted by molar-refractivity contribution is 0.0527. The summed E-state index contributed by atoms with van der Waals surface area (Å²) in [6.45, 7) is 10.2. The fourth-order valence-corrected chi connectivity index (χ4v) is 2.24. The molecular formula is C20H36IN5O2. The fourth-order valence-electron chi connectivity index (χ4n) is 2.24. The summed E-state index contributed by atoms with van der Waals surface area (Å²) < 4.78 is 5.21. The molecule has 8 heteroatoms. The highest BCUT2D eigenvalue weighted by atomic mass is 127. The minimum Gasteiger partial charge on any atom is -0.444 e. The topological polar surface area (TPSA) is 78.0 Å². The maximum Gasteiger partial charge on any atom is 0.407 e. The van der Waals surface area contributed by atoms with Gasteiger partial charge in [0.2, 0.25) is 0 Å². The number of benzene rings is 1. The number of alkyl carbamates (subject to hydrolysis) is 1. The molecule has 1 amide bonds. The normalized spacial score (nSPS) is 11.3. The summed E-state index contributed by atoms with van der Waals surface area (Å²) in [5.74, 6) is 0.769. The largest absolute Gasteiger partial charge is 0.444 e. The number of guanidine groups is 1. The Bertz CT molecular complexity index is 615. The van der Waals surface area contributed by atoms with Crippen molar-refractivity contribution in [1.29, 1.82) is 0 Å². The standard InChI is InChI=1S/C20H35N5O2.HI/c1-7-21-18(22-12-9-13-23-19(26)27-20(2,3)4)24-15-16-10-8-11-17(14-16)25(5)6;/h8,10-11,14H,7,9,12-13,15H2,1-6H3,(H,23,26)(H2,21,22,24);1H. The lowest BCUT2D eigenvalue weighted by Crippen LogP contribution is -2.39. The van der Waals surface area contributed by atoms with Crippen LogP contribution in [0, 0.1) is 0 Å². The van der Waals surface area contributed by atoms with Crippen LogP contribution in [0.1, 0.15) is 39.7 Å². The smallest absolute Gasteiger partial charge is 0.407 e. The Morgan fingerprint density at radius 3 is 2.43 bits per heavy atom. The number of hydrogen-bond acceptors (Lipinski definition) is 4. The lowest BCUT2D eigenvalue weighted by atomic mass is 10.2. The summed E-state index contributed by atoms with van der Waals surface area (Å²) in [7, 11) is 4.05. The van der Waals surface area contributed by atoms with Crippen molar-refractivity contribution >= 4 is 41.7 Å². The average Bonchev–Trinajstić information content (AvgIpc) is 2.58. The molecule has 160 valence electrons. The number of nitrogens with zero attached hydrogens (tertiary/aromatic N) is 2. The SMILES string of the molecule is CCNC(=NCc1cccc(N(C)C)c1)NCCCNC(=O)OC(C)(C)C.I. The maximum absolute atomic E-state index is 11.6. The van der Waals surface area contributed by atoms with E-state index in [1.165, 1.54) is 0 Å². The van der Waals surface area contributed by atoms with Crippen molar-refractivity contribution in [3.8, 4) is 0 Å². The van der Waals surface area contributed by atoms with Crippen molar-refractivity contribution in [2.24, 2.45) is 4.99 Å². The molecule has 0 atom stereocenters. The third kappa shape index (κ3) is 11.9. The molecule has 28 heavy (non-hydrogen) atoms. The van der Waals surface area contributed by atoms with Gasteiger partial charge in [-0.25, -0.2) is 9.79 Å². The highest BCUT2D eigenvalue weighted by Crippen LogP contribution is 2.13. The molecular weight excluding hydrogens is 469 g/mol. The van der Waals surface area contributed by atoms with Gasteiger partial charge in [-0.05, 0) is 51.8 Å². The van der Waals surface area contributed by atoms with E-state index < -0.39 is 5.60 Å². The second-order valence-electron chi connectivity index (χ2n) is 7.47. The molecule has 0 spiro atoms. The molecule has 0 aliphatic rings. The van der Waals surface area contributed by atoms with Crippen molar-refractivity contribution in [3.05, 3.63) is 29.8 Å². The quantitative estimate of drug-likeness (QED) is 0.219. The third-order valence-electron chi connectivity index (χ3n) is 3.51. The minimum absolute atomic E-state index is 0. The van der Waals surface area contributed by atoms with E-state index in [1.54, 1.807) is 0 Å². The summed E-state index contributed by atoms with van der Waals surface area (Å²) in [6, 6.07) is 8.33. The van der Waals surface area contributed by atoms with Gasteiger partial charge in [0, 0.05) is 39.4 Å². The van der Waals surface area contributed by atoms with Gasteiger partial charge in [0.1, 0.15) is 5.60 Å². The number of carbonyl (C=O) groups excluding carboxylic acids is 1. The van der Waals surface area contributed by atoms with Gasteiger partial charge in [0.25, 0.3) is 0 Å². The van der Waals surface area contributed by atoms with E-state index in [9.17, 15) is 4.79 Å². The minimum atomic E-state index is -0.475. The van der Waals surface area contributed by atoms with Crippen LogP contribution < -0.4 is 20.9 Å². The monoisotopic (exact) mass is 505 g/mol. The number of anilines is 1. The Kier molecular flexibility index (Phi) is 12.6. The summed E-state index contributed by atoms with van der Waals surface area (Å²) in [6.07, 6.45) is 0.392. The van der Waals surface area contributed by atoms with E-state index in [4.69, 9.17) is 4.74 Å². The fraction of sp³-hybridized carbons (Fsp3) is 0.600. The zero-order valence-corrected chi connectivity index (χ0v) is 20.3. The highest BCUT2D eigenvalue weighted by Gasteiger charge is 2.15. The van der Waals surface area contributed by atoms with Crippen molar-refractivity contribution < 1.29 is 9.53 Å². The van der Waals surface area contributed by atoms with Gasteiger partial charge in [-0.1, -0.05) is 12.1 Å². The predicted octanol–water partition coefficient (Wildman–Crippen LogP) is 3.34. The molecule has 0 saturated heterocycles. The summed E-state index contributed by atoms with van der Waals surface area (Å²) in [4.78, 5) is 18.3. The molecule has 7 nitrogen and oxygen atoms in total. The van der Waals surface area contributed by atoms with Crippen LogP contribution in [0.25, 0.3) is 0 Å². The number of carbonyl (C=O) groups is 1. The molecule has 1 aromatic carbocycles. The van der Waals surface area contributed by atoms with Crippen LogP contribution >= 0.6 is 24.0 Å². The molecule has 0 fully saturated rings. The van der Waals surface area contributed by atoms with E-state index in [0.717, 1.165) is 30.2 Å². The predicted molar refractivity (Wildman–Crippen MR) is 128 cm³/mol. The first kappa shape index (κ1) is 26.3. The van der Waals surface area contributed by atoms with E-state index in [1.807, 2.05) is 47.9 Å². The van der Waals surface area contributed by atoms with Crippen LogP contribution in [0.5, 0.6) is 0 Å². The number of ether oxygens (including phenoxy) is 1. The van der Waals surface area contributed by atoms with Gasteiger partial charge >= 0.3 is 6.09 Å². The highest BCUT2D eigenvalue weighted by molar-refractivity contribution is 14.0. The zero-order valence-electron chi connectivity index (χ0n) is 18.0. The molecule has 0 aliphatic heterocycles. The number of rotatable bonds is 8. The van der Waals surface area contributed by atoms with Crippen LogP contribution in [-0.4, -0.2) is 51.4 Å². The molecule has 1 rings (SSSR count). The first-order chi connectivity index (χ1) is 12.7. The molecule has 0 bridgehead atoms. The zero-order chi connectivity index (χ0) is 20.3. The first-order valence-electron chi connectivity index (χ1n) is 9.46. The molecule has 0 heterocycles. The van der Waals surface area contributed by atoms with E-state index in [-0.39, 0.29) is 30.1 Å². The Hall–Kier alpha value is -1.71. The molecule has 3 N–H and O–H groups in total. The van der Waals surface area contributed by atoms with Gasteiger partial charge < -0.3 is 25.6 Å². The Labute approximate surface area is 186 Å². The van der Waals surface area contributed by atoms with Crippen molar-refractivity contribution in [2.45, 2.75) is 46.3 Å². The Morgan fingerprint density at radius 2 is 1.82 bits per heavy atom. The number of hydrogen-bond donors (Lipinski definition) is 3. The summed E-state index contributed by atoms with van der Waals surface area (Å²) >= 11 is 0. The lowest BCUT2D eigenvalue weighted by Gasteiger charge is -2.19. The van der Waals surface area contributed by atoms with Crippen molar-refractivity contribution in [2.75, 3.05) is 38.6 Å². The number of aliphatic imine (C=N–C) groups is 1. The molecule has 0 unspecified atom stereocenters. The Balaban J connectivity index is 0.00000729. The Morgan fingerprint density at radius 1 is 1.14 bits per heavy atom. The first-order valence-corrected chi connectivity index (χ1v) is 9.46. The third-order valence-corrected chi connectivity index (χ3v) is 3.51. The summed E-state index contributed by atoms with van der Waals surface area (Å²) in [5, 5.41) is 9.28. The van der Waals surface area contributed by atoms with Gasteiger partial charge in [0.15, 0.2) is 5.96 Å². The molecule has 0 aliphatic carbocycles. The van der Waals surface area contributed by atoms with Gasteiger partial charge in [0.05, 0.1) is 6.54 Å². The van der Waals surface area contributed by atoms with Crippen LogP contribution in [0.3, 0.4) is 0 Å². The number of amides is 1. The van der Waals surface area contributed by atoms with Crippen LogP contribution in [0.4, 0.5) is 10.5 Å². The van der Waals surface area contributed by atoms with Crippen molar-refractivity contribution in [1.82, 2.24) is 16.0 Å². The number of nitrogens with one attached hydrogen (secondary N) is 3. The summed E-state index contributed by atoms with van der Waals surface area (Å²) in [5.41, 5.74) is 1.84. The van der Waals surface area contributed by atoms with E-state index in [2.05, 4.69) is 44.0 Å². The molecule has 0 radical (unpaired) electrons. The molecule has 0 aromatic heterocycles. The maximum atomic E-state index is 11.6. The average molecular weight is 505 g/mol. The van der Waals surface area contributed by atoms with Gasteiger partial charge in [-0.2, -0.15) is 0 Å². The second-order valence-corrected chi connectivity index (χ2v) is 7.47. The molecule has 1 aromatic rings. The van der Waals surface area contributed by atoms with Crippen LogP contribution in [0.15, 0.2) is 29.3 Å². The second kappa shape index (κ2) is 13.5. The van der Waals surface area contributed by atoms with E-state index >= 15 is 0 Å². The van der Waals surface area contributed by atoms with Gasteiger partial charge in [-0.15, -0.1) is 24.0 Å². The molecule has 0 saturated carbocycles. The number of halogens is 1. The van der Waals surface area contributed by atoms with Crippen LogP contribution in [-0.2, 0) is 11.3 Å². The van der Waals surface area contributed by atoms with Crippen LogP contribution in [0.2, 0.25) is 0 Å². The van der Waals surface area contributed by atoms with Gasteiger partial charge in [-0.3, -0.25) is 0 Å². The van der Waals surface area contributed by atoms with Crippen molar-refractivity contribution in [3.63, 3.8) is 0 Å². The van der Waals surface area contributed by atoms with E-state index in [0.29, 0.717) is 19.6 Å².